The van der Waals surface area contributed by atoms with Crippen molar-refractivity contribution in [1.82, 2.24) is 0 Å². The van der Waals surface area contributed by atoms with E-state index in [-0.39, 0.29) is 18.2 Å². The molecule has 0 unspecified atom stereocenters. The Labute approximate surface area is 155 Å². The zero-order valence-electron chi connectivity index (χ0n) is 15.8. The van der Waals surface area contributed by atoms with E-state index < -0.39 is 0 Å². The number of benzene rings is 2. The number of carbonyl (C=O) groups excluding carboxylic acids is 2. The highest BCUT2D eigenvalue weighted by atomic mass is 16.5. The maximum absolute atomic E-state index is 12.4. The van der Waals surface area contributed by atoms with Gasteiger partial charge in [-0.25, -0.2) is 0 Å². The molecule has 0 atom stereocenters. The molecule has 5 heteroatoms. The van der Waals surface area contributed by atoms with Crippen molar-refractivity contribution in [3.05, 3.63) is 53.6 Å². The summed E-state index contributed by atoms with van der Waals surface area (Å²) >= 11 is 0. The Hall–Kier alpha value is -2.82. The molecule has 2 rings (SSSR count). The van der Waals surface area contributed by atoms with E-state index in [1.54, 1.807) is 11.0 Å². The van der Waals surface area contributed by atoms with Crippen molar-refractivity contribution in [2.75, 3.05) is 23.4 Å². The molecule has 0 aliphatic heterocycles. The van der Waals surface area contributed by atoms with Gasteiger partial charge in [-0.3, -0.25) is 9.59 Å². The Bertz CT molecular complexity index is 787. The lowest BCUT2D eigenvalue weighted by Gasteiger charge is -2.24. The summed E-state index contributed by atoms with van der Waals surface area (Å²) in [5, 5.41) is 2.87. The Morgan fingerprint density at radius 3 is 2.50 bits per heavy atom. The molecule has 0 saturated carbocycles. The summed E-state index contributed by atoms with van der Waals surface area (Å²) in [6.07, 6.45) is 0.202. The molecule has 0 fully saturated rings. The van der Waals surface area contributed by atoms with Crippen LogP contribution in [0.1, 0.15) is 31.4 Å². The van der Waals surface area contributed by atoms with Gasteiger partial charge in [-0.1, -0.05) is 24.3 Å². The second-order valence-corrected chi connectivity index (χ2v) is 6.12. The lowest BCUT2D eigenvalue weighted by atomic mass is 10.1. The van der Waals surface area contributed by atoms with Crippen LogP contribution in [0.5, 0.6) is 5.75 Å². The zero-order valence-corrected chi connectivity index (χ0v) is 15.8. The van der Waals surface area contributed by atoms with Crippen molar-refractivity contribution in [2.45, 2.75) is 34.1 Å². The van der Waals surface area contributed by atoms with Crippen molar-refractivity contribution in [3.63, 3.8) is 0 Å². The molecule has 2 amide bonds. The van der Waals surface area contributed by atoms with Gasteiger partial charge >= 0.3 is 0 Å². The molecule has 0 aliphatic rings. The molecule has 138 valence electrons. The zero-order chi connectivity index (χ0) is 19.1. The number of nitrogens with zero attached hydrogens (tertiary/aromatic N) is 1. The van der Waals surface area contributed by atoms with Crippen LogP contribution in [-0.4, -0.2) is 25.0 Å². The van der Waals surface area contributed by atoms with Crippen molar-refractivity contribution in [2.24, 2.45) is 0 Å². The van der Waals surface area contributed by atoms with Crippen LogP contribution in [-0.2, 0) is 9.59 Å². The van der Waals surface area contributed by atoms with E-state index in [4.69, 9.17) is 4.74 Å². The summed E-state index contributed by atoms with van der Waals surface area (Å²) in [4.78, 5) is 26.1. The minimum atomic E-state index is -0.159. The topological polar surface area (TPSA) is 58.6 Å². The number of carbonyl (C=O) groups is 2. The average Bonchev–Trinajstić information content (AvgIpc) is 2.60. The third-order valence-corrected chi connectivity index (χ3v) is 4.27. The number of para-hydroxylation sites is 2. The summed E-state index contributed by atoms with van der Waals surface area (Å²) in [5.41, 5.74) is 3.65. The molecule has 0 aromatic heterocycles. The molecule has 0 radical (unpaired) electrons. The summed E-state index contributed by atoms with van der Waals surface area (Å²) < 4.78 is 5.52. The fourth-order valence-corrected chi connectivity index (χ4v) is 2.75. The smallest absolute Gasteiger partial charge is 0.226 e. The SMILES string of the molecule is CCOc1ccccc1NC(=O)CCN(C(C)=O)c1cccc(C)c1C. The molecule has 2 aromatic rings. The molecule has 0 saturated heterocycles. The molecular formula is C21H26N2O3. The molecule has 26 heavy (non-hydrogen) atoms. The van der Waals surface area contributed by atoms with E-state index in [0.717, 1.165) is 16.8 Å². The van der Waals surface area contributed by atoms with Gasteiger partial charge in [-0.05, 0) is 50.1 Å². The van der Waals surface area contributed by atoms with Crippen LogP contribution in [0.2, 0.25) is 0 Å². The minimum absolute atomic E-state index is 0.0822. The third kappa shape index (κ3) is 4.85. The first-order valence-electron chi connectivity index (χ1n) is 8.80. The molecule has 0 spiro atoms. The molecule has 0 aliphatic carbocycles. The van der Waals surface area contributed by atoms with Crippen molar-refractivity contribution in [1.29, 1.82) is 0 Å². The van der Waals surface area contributed by atoms with Crippen LogP contribution in [0.15, 0.2) is 42.5 Å². The van der Waals surface area contributed by atoms with Crippen LogP contribution in [0.25, 0.3) is 0 Å². The number of hydrogen-bond acceptors (Lipinski definition) is 3. The standard InChI is InChI=1S/C21H26N2O3/c1-5-26-20-12-7-6-10-18(20)22-21(25)13-14-23(17(4)24)19-11-8-9-15(2)16(19)3/h6-12H,5,13-14H2,1-4H3,(H,22,25). The van der Waals surface area contributed by atoms with Gasteiger partial charge in [0.25, 0.3) is 0 Å². The number of aryl methyl sites for hydroxylation is 1. The number of rotatable bonds is 7. The van der Waals surface area contributed by atoms with Crippen molar-refractivity contribution < 1.29 is 14.3 Å². The first kappa shape index (κ1) is 19.5. The predicted molar refractivity (Wildman–Crippen MR) is 105 cm³/mol. The van der Waals surface area contributed by atoms with E-state index in [1.807, 2.05) is 57.2 Å². The first-order valence-corrected chi connectivity index (χ1v) is 8.80. The summed E-state index contributed by atoms with van der Waals surface area (Å²) in [6, 6.07) is 13.2. The van der Waals surface area contributed by atoms with Gasteiger partial charge in [-0.15, -0.1) is 0 Å². The van der Waals surface area contributed by atoms with Gasteiger partial charge in [0.2, 0.25) is 11.8 Å². The third-order valence-electron chi connectivity index (χ3n) is 4.27. The van der Waals surface area contributed by atoms with Crippen LogP contribution >= 0.6 is 0 Å². The lowest BCUT2D eigenvalue weighted by Crippen LogP contribution is -2.32. The van der Waals surface area contributed by atoms with E-state index in [1.165, 1.54) is 6.92 Å². The number of ether oxygens (including phenoxy) is 1. The number of hydrogen-bond donors (Lipinski definition) is 1. The quantitative estimate of drug-likeness (QED) is 0.815. The normalized spacial score (nSPS) is 10.3. The van der Waals surface area contributed by atoms with Crippen molar-refractivity contribution in [3.8, 4) is 5.75 Å². The largest absolute Gasteiger partial charge is 0.492 e. The fourth-order valence-electron chi connectivity index (χ4n) is 2.75. The minimum Gasteiger partial charge on any atom is -0.492 e. The summed E-state index contributed by atoms with van der Waals surface area (Å²) in [7, 11) is 0. The highest BCUT2D eigenvalue weighted by molar-refractivity contribution is 5.96. The first-order chi connectivity index (χ1) is 12.4. The summed E-state index contributed by atoms with van der Waals surface area (Å²) in [5.74, 6) is 0.399. The molecule has 1 N–H and O–H groups in total. The Morgan fingerprint density at radius 1 is 1.08 bits per heavy atom. The molecular weight excluding hydrogens is 328 g/mol. The van der Waals surface area contributed by atoms with E-state index >= 15 is 0 Å². The maximum Gasteiger partial charge on any atom is 0.226 e. The van der Waals surface area contributed by atoms with E-state index in [0.29, 0.717) is 24.6 Å². The van der Waals surface area contributed by atoms with Gasteiger partial charge in [0.15, 0.2) is 0 Å². The fraction of sp³-hybridized carbons (Fsp3) is 0.333. The second kappa shape index (κ2) is 9.04. The highest BCUT2D eigenvalue weighted by Gasteiger charge is 2.16. The van der Waals surface area contributed by atoms with E-state index in [2.05, 4.69) is 5.32 Å². The van der Waals surface area contributed by atoms with Crippen LogP contribution < -0.4 is 15.0 Å². The van der Waals surface area contributed by atoms with Gasteiger partial charge < -0.3 is 15.0 Å². The lowest BCUT2D eigenvalue weighted by molar-refractivity contribution is -0.117. The number of anilines is 2. The number of amides is 2. The van der Waals surface area contributed by atoms with Crippen molar-refractivity contribution >= 4 is 23.2 Å². The second-order valence-electron chi connectivity index (χ2n) is 6.12. The monoisotopic (exact) mass is 354 g/mol. The molecule has 2 aromatic carbocycles. The van der Waals surface area contributed by atoms with Crippen LogP contribution in [0, 0.1) is 13.8 Å². The predicted octanol–water partition coefficient (Wildman–Crippen LogP) is 4.08. The highest BCUT2D eigenvalue weighted by Crippen LogP contribution is 2.25. The van der Waals surface area contributed by atoms with E-state index in [9.17, 15) is 9.59 Å². The van der Waals surface area contributed by atoms with Gasteiger partial charge in [0.05, 0.1) is 12.3 Å². The Morgan fingerprint density at radius 2 is 1.81 bits per heavy atom. The number of nitrogens with one attached hydrogen (secondary N) is 1. The molecule has 0 bridgehead atoms. The maximum atomic E-state index is 12.4. The van der Waals surface area contributed by atoms with Crippen LogP contribution in [0.3, 0.4) is 0 Å². The molecule has 5 nitrogen and oxygen atoms in total. The van der Waals surface area contributed by atoms with Gasteiger partial charge in [0.1, 0.15) is 5.75 Å². The Balaban J connectivity index is 2.07. The van der Waals surface area contributed by atoms with Crippen LogP contribution in [0.4, 0.5) is 11.4 Å². The van der Waals surface area contributed by atoms with Gasteiger partial charge in [-0.2, -0.15) is 0 Å². The molecule has 0 heterocycles. The Kier molecular flexibility index (Phi) is 6.78. The average molecular weight is 354 g/mol. The van der Waals surface area contributed by atoms with Gasteiger partial charge in [0, 0.05) is 25.6 Å². The summed E-state index contributed by atoms with van der Waals surface area (Å²) in [6.45, 7) is 8.25.